The Balaban J connectivity index is 1.99. The van der Waals surface area contributed by atoms with Crippen molar-refractivity contribution in [3.8, 4) is 11.5 Å². The fraction of sp³-hybridized carbons (Fsp3) is 0.538. The monoisotopic (exact) mass is 253 g/mol. The summed E-state index contributed by atoms with van der Waals surface area (Å²) < 4.78 is 5.04. The molecule has 1 N–H and O–H groups in total. The third-order valence-corrected chi connectivity index (χ3v) is 4.01. The zero-order valence-corrected chi connectivity index (χ0v) is 11.0. The van der Waals surface area contributed by atoms with Gasteiger partial charge in [-0.25, -0.2) is 0 Å². The first kappa shape index (κ1) is 12.6. The smallest absolute Gasteiger partial charge is 0.160 e. The van der Waals surface area contributed by atoms with E-state index in [1.54, 1.807) is 13.2 Å². The van der Waals surface area contributed by atoms with Crippen LogP contribution in [0.5, 0.6) is 11.5 Å². The Bertz CT molecular complexity index is 362. The Hall–Kier alpha value is -0.870. The minimum absolute atomic E-state index is 0.231. The summed E-state index contributed by atoms with van der Waals surface area (Å²) in [5.41, 5.74) is 1.15. The molecule has 17 heavy (non-hydrogen) atoms. The number of phenols is 1. The molecule has 0 saturated carbocycles. The van der Waals surface area contributed by atoms with Crippen molar-refractivity contribution in [1.82, 2.24) is 4.90 Å². The third kappa shape index (κ3) is 3.54. The zero-order valence-electron chi connectivity index (χ0n) is 10.2. The first-order valence-electron chi connectivity index (χ1n) is 5.95. The van der Waals surface area contributed by atoms with Gasteiger partial charge in [-0.1, -0.05) is 6.07 Å². The van der Waals surface area contributed by atoms with Gasteiger partial charge in [0, 0.05) is 18.8 Å². The van der Waals surface area contributed by atoms with Crippen LogP contribution in [0.3, 0.4) is 0 Å². The van der Waals surface area contributed by atoms with Crippen molar-refractivity contribution in [2.45, 2.75) is 13.0 Å². The van der Waals surface area contributed by atoms with E-state index in [1.165, 1.54) is 17.9 Å². The highest BCUT2D eigenvalue weighted by molar-refractivity contribution is 7.99. The van der Waals surface area contributed by atoms with Gasteiger partial charge < -0.3 is 9.84 Å². The Morgan fingerprint density at radius 3 is 3.00 bits per heavy atom. The molecule has 0 radical (unpaired) electrons. The summed E-state index contributed by atoms with van der Waals surface area (Å²) >= 11 is 2.03. The molecule has 1 aliphatic heterocycles. The number of benzene rings is 1. The predicted octanol–water partition coefficient (Wildman–Crippen LogP) is 2.34. The van der Waals surface area contributed by atoms with Crippen molar-refractivity contribution in [1.29, 1.82) is 0 Å². The van der Waals surface area contributed by atoms with Crippen LogP contribution in [0.4, 0.5) is 0 Å². The van der Waals surface area contributed by atoms with Crippen molar-refractivity contribution >= 4 is 11.8 Å². The molecule has 1 aliphatic rings. The molecule has 94 valence electrons. The van der Waals surface area contributed by atoms with Crippen LogP contribution in [0.1, 0.15) is 12.0 Å². The lowest BCUT2D eigenvalue weighted by Gasteiger charge is -2.19. The van der Waals surface area contributed by atoms with Crippen LogP contribution in [-0.4, -0.2) is 41.7 Å². The van der Waals surface area contributed by atoms with Gasteiger partial charge in [0.15, 0.2) is 11.5 Å². The number of methoxy groups -OCH3 is 1. The number of ether oxygens (including phenoxy) is 1. The number of aromatic hydroxyl groups is 1. The number of phenolic OH excluding ortho intramolecular Hbond substituents is 1. The number of hydrogen-bond acceptors (Lipinski definition) is 4. The van der Waals surface area contributed by atoms with E-state index in [0.29, 0.717) is 5.75 Å². The molecule has 3 nitrogen and oxygen atoms in total. The Kier molecular flexibility index (Phi) is 4.57. The van der Waals surface area contributed by atoms with Crippen LogP contribution in [0.2, 0.25) is 0 Å². The Morgan fingerprint density at radius 2 is 2.24 bits per heavy atom. The average molecular weight is 253 g/mol. The van der Waals surface area contributed by atoms with Gasteiger partial charge in [0.25, 0.3) is 0 Å². The second-order valence-electron chi connectivity index (χ2n) is 4.25. The van der Waals surface area contributed by atoms with Gasteiger partial charge in [-0.15, -0.1) is 0 Å². The van der Waals surface area contributed by atoms with E-state index in [-0.39, 0.29) is 5.75 Å². The minimum Gasteiger partial charge on any atom is -0.504 e. The van der Waals surface area contributed by atoms with E-state index in [4.69, 9.17) is 4.74 Å². The number of rotatable bonds is 3. The maximum absolute atomic E-state index is 9.73. The molecule has 1 heterocycles. The summed E-state index contributed by atoms with van der Waals surface area (Å²) in [4.78, 5) is 2.45. The molecule has 0 aromatic heterocycles. The van der Waals surface area contributed by atoms with E-state index in [1.807, 2.05) is 23.9 Å². The zero-order chi connectivity index (χ0) is 12.1. The molecule has 2 rings (SSSR count). The second-order valence-corrected chi connectivity index (χ2v) is 5.47. The fourth-order valence-electron chi connectivity index (χ4n) is 2.05. The standard InChI is InChI=1S/C13H19NO2S/c1-16-13-4-3-11(9-12(13)15)10-14-5-2-7-17-8-6-14/h3-4,9,15H,2,5-8,10H2,1H3. The summed E-state index contributed by atoms with van der Waals surface area (Å²) in [6, 6.07) is 5.66. The molecule has 0 amide bonds. The second kappa shape index (κ2) is 6.17. The van der Waals surface area contributed by atoms with Crippen LogP contribution in [0.15, 0.2) is 18.2 Å². The van der Waals surface area contributed by atoms with Crippen LogP contribution in [0, 0.1) is 0 Å². The number of hydrogen-bond donors (Lipinski definition) is 1. The lowest BCUT2D eigenvalue weighted by atomic mass is 10.2. The third-order valence-electron chi connectivity index (χ3n) is 2.96. The fourth-order valence-corrected chi connectivity index (χ4v) is 2.97. The van der Waals surface area contributed by atoms with E-state index in [0.717, 1.165) is 25.2 Å². The lowest BCUT2D eigenvalue weighted by molar-refractivity contribution is 0.286. The van der Waals surface area contributed by atoms with Crippen LogP contribution < -0.4 is 4.74 Å². The van der Waals surface area contributed by atoms with Crippen LogP contribution in [-0.2, 0) is 6.54 Å². The molecule has 0 aliphatic carbocycles. The molecule has 4 heteroatoms. The number of thioether (sulfide) groups is 1. The highest BCUT2D eigenvalue weighted by Crippen LogP contribution is 2.27. The normalized spacial score (nSPS) is 17.7. The molecule has 0 atom stereocenters. The van der Waals surface area contributed by atoms with Gasteiger partial charge in [0.2, 0.25) is 0 Å². The van der Waals surface area contributed by atoms with Crippen molar-refractivity contribution in [2.75, 3.05) is 31.7 Å². The molecular weight excluding hydrogens is 234 g/mol. The lowest BCUT2D eigenvalue weighted by Crippen LogP contribution is -2.25. The van der Waals surface area contributed by atoms with Crippen LogP contribution >= 0.6 is 11.8 Å². The molecule has 1 aromatic carbocycles. The molecule has 1 saturated heterocycles. The van der Waals surface area contributed by atoms with Gasteiger partial charge in [-0.3, -0.25) is 4.90 Å². The Labute approximate surface area is 107 Å². The summed E-state index contributed by atoms with van der Waals surface area (Å²) in [6.45, 7) is 3.20. The topological polar surface area (TPSA) is 32.7 Å². The molecular formula is C13H19NO2S. The van der Waals surface area contributed by atoms with Crippen molar-refractivity contribution in [2.24, 2.45) is 0 Å². The summed E-state index contributed by atoms with van der Waals surface area (Å²) in [7, 11) is 1.57. The van der Waals surface area contributed by atoms with Gasteiger partial charge in [0.05, 0.1) is 7.11 Å². The first-order chi connectivity index (χ1) is 8.29. The maximum atomic E-state index is 9.73. The molecule has 1 fully saturated rings. The van der Waals surface area contributed by atoms with E-state index < -0.39 is 0 Å². The SMILES string of the molecule is COc1ccc(CN2CCCSCC2)cc1O. The number of nitrogens with zero attached hydrogens (tertiary/aromatic N) is 1. The van der Waals surface area contributed by atoms with Crippen molar-refractivity contribution in [3.63, 3.8) is 0 Å². The van der Waals surface area contributed by atoms with Gasteiger partial charge in [-0.05, 0) is 36.4 Å². The van der Waals surface area contributed by atoms with Gasteiger partial charge in [-0.2, -0.15) is 11.8 Å². The van der Waals surface area contributed by atoms with Gasteiger partial charge in [0.1, 0.15) is 0 Å². The van der Waals surface area contributed by atoms with E-state index in [2.05, 4.69) is 4.90 Å². The summed E-state index contributed by atoms with van der Waals surface area (Å²) in [6.07, 6.45) is 1.26. The highest BCUT2D eigenvalue weighted by Gasteiger charge is 2.10. The largest absolute Gasteiger partial charge is 0.504 e. The Morgan fingerprint density at radius 1 is 1.35 bits per heavy atom. The molecule has 0 unspecified atom stereocenters. The van der Waals surface area contributed by atoms with Crippen LogP contribution in [0.25, 0.3) is 0 Å². The first-order valence-corrected chi connectivity index (χ1v) is 7.11. The molecule has 0 spiro atoms. The highest BCUT2D eigenvalue weighted by atomic mass is 32.2. The van der Waals surface area contributed by atoms with E-state index >= 15 is 0 Å². The van der Waals surface area contributed by atoms with Crippen molar-refractivity contribution in [3.05, 3.63) is 23.8 Å². The predicted molar refractivity (Wildman–Crippen MR) is 71.9 cm³/mol. The van der Waals surface area contributed by atoms with E-state index in [9.17, 15) is 5.11 Å². The molecule has 0 bridgehead atoms. The maximum Gasteiger partial charge on any atom is 0.160 e. The van der Waals surface area contributed by atoms with Crippen molar-refractivity contribution < 1.29 is 9.84 Å². The average Bonchev–Trinajstić information content (AvgIpc) is 2.58. The quantitative estimate of drug-likeness (QED) is 0.896. The summed E-state index contributed by atoms with van der Waals surface area (Å²) in [5, 5.41) is 9.73. The summed E-state index contributed by atoms with van der Waals surface area (Å²) in [5.74, 6) is 3.25. The molecule has 1 aromatic rings. The minimum atomic E-state index is 0.231. The van der Waals surface area contributed by atoms with Gasteiger partial charge >= 0.3 is 0 Å².